The predicted octanol–water partition coefficient (Wildman–Crippen LogP) is 2.46. The van der Waals surface area contributed by atoms with Crippen LogP contribution in [0.5, 0.6) is 5.75 Å². The van der Waals surface area contributed by atoms with Crippen LogP contribution in [0.2, 0.25) is 0 Å². The molecule has 16 heavy (non-hydrogen) atoms. The van der Waals surface area contributed by atoms with Gasteiger partial charge in [0, 0.05) is 0 Å². The molecule has 0 amide bonds. The van der Waals surface area contributed by atoms with Crippen molar-refractivity contribution in [2.75, 3.05) is 6.61 Å². The van der Waals surface area contributed by atoms with Crippen molar-refractivity contribution < 1.29 is 9.84 Å². The Kier molecular flexibility index (Phi) is 3.48. The normalized spacial score (nSPS) is 18.2. The molecule has 0 saturated carbocycles. The molecule has 0 radical (unpaired) electrons. The summed E-state index contributed by atoms with van der Waals surface area (Å²) in [5.41, 5.74) is 2.26. The first-order valence-electron chi connectivity index (χ1n) is 5.64. The van der Waals surface area contributed by atoms with E-state index < -0.39 is 0 Å². The van der Waals surface area contributed by atoms with Crippen LogP contribution in [-0.2, 0) is 6.42 Å². The number of aliphatic hydroxyl groups excluding tert-OH is 1. The second-order valence-electron chi connectivity index (χ2n) is 3.98. The zero-order valence-electron chi connectivity index (χ0n) is 9.49. The fraction of sp³-hybridized carbons (Fsp3) is 0.429. The number of benzene rings is 1. The van der Waals surface area contributed by atoms with Gasteiger partial charge in [-0.05, 0) is 49.4 Å². The van der Waals surface area contributed by atoms with E-state index in [0.29, 0.717) is 6.61 Å². The maximum absolute atomic E-state index is 9.80. The van der Waals surface area contributed by atoms with Crippen LogP contribution in [-0.4, -0.2) is 11.7 Å². The van der Waals surface area contributed by atoms with Crippen molar-refractivity contribution in [3.8, 4) is 17.6 Å². The van der Waals surface area contributed by atoms with Gasteiger partial charge in [-0.1, -0.05) is 12.0 Å². The Morgan fingerprint density at radius 1 is 1.50 bits per heavy atom. The summed E-state index contributed by atoms with van der Waals surface area (Å²) in [6.07, 6.45) is 2.65. The van der Waals surface area contributed by atoms with E-state index in [2.05, 4.69) is 11.8 Å². The van der Waals surface area contributed by atoms with Crippen molar-refractivity contribution in [3.05, 3.63) is 29.3 Å². The summed E-state index contributed by atoms with van der Waals surface area (Å²) in [5, 5.41) is 9.80. The number of hydrogen-bond donors (Lipinski definition) is 1. The van der Waals surface area contributed by atoms with Gasteiger partial charge in [0.05, 0.1) is 6.10 Å². The molecule has 0 heterocycles. The highest BCUT2D eigenvalue weighted by molar-refractivity contribution is 5.38. The average Bonchev–Trinajstić information content (AvgIpc) is 2.30. The molecular weight excluding hydrogens is 200 g/mol. The molecule has 1 atom stereocenters. The number of ether oxygens (including phenoxy) is 1. The first-order chi connectivity index (χ1) is 7.81. The van der Waals surface area contributed by atoms with Crippen molar-refractivity contribution in [1.29, 1.82) is 0 Å². The zero-order chi connectivity index (χ0) is 11.4. The molecule has 0 saturated heterocycles. The Bertz CT molecular complexity index is 426. The van der Waals surface area contributed by atoms with Gasteiger partial charge in [-0.3, -0.25) is 0 Å². The second-order valence-corrected chi connectivity index (χ2v) is 3.98. The van der Waals surface area contributed by atoms with Crippen molar-refractivity contribution in [3.63, 3.8) is 0 Å². The third-order valence-corrected chi connectivity index (χ3v) is 2.88. The lowest BCUT2D eigenvalue weighted by atomic mass is 9.89. The summed E-state index contributed by atoms with van der Waals surface area (Å²) in [5.74, 6) is 6.50. The van der Waals surface area contributed by atoms with Crippen LogP contribution >= 0.6 is 0 Å². The lowest BCUT2D eigenvalue weighted by Crippen LogP contribution is -2.09. The second kappa shape index (κ2) is 5.05. The molecule has 84 valence electrons. The number of rotatable bonds is 2. The highest BCUT2D eigenvalue weighted by Gasteiger charge is 2.17. The van der Waals surface area contributed by atoms with Crippen LogP contribution in [0.3, 0.4) is 0 Å². The van der Waals surface area contributed by atoms with E-state index in [1.807, 2.05) is 18.2 Å². The summed E-state index contributed by atoms with van der Waals surface area (Å²) >= 11 is 0. The van der Waals surface area contributed by atoms with Gasteiger partial charge in [-0.2, -0.15) is 0 Å². The molecule has 1 aromatic carbocycles. The molecule has 0 aliphatic heterocycles. The lowest BCUT2D eigenvalue weighted by Gasteiger charge is -2.21. The Morgan fingerprint density at radius 2 is 2.38 bits per heavy atom. The molecule has 0 fully saturated rings. The monoisotopic (exact) mass is 216 g/mol. The number of fused-ring (bicyclic) bond motifs is 1. The fourth-order valence-corrected chi connectivity index (χ4v) is 2.05. The maximum atomic E-state index is 9.80. The number of aliphatic hydroxyl groups is 1. The van der Waals surface area contributed by atoms with Crippen molar-refractivity contribution in [1.82, 2.24) is 0 Å². The fourth-order valence-electron chi connectivity index (χ4n) is 2.05. The molecular formula is C14H16O2. The van der Waals surface area contributed by atoms with E-state index in [0.717, 1.165) is 30.6 Å². The van der Waals surface area contributed by atoms with Crippen molar-refractivity contribution >= 4 is 0 Å². The Morgan fingerprint density at radius 3 is 3.19 bits per heavy atom. The van der Waals surface area contributed by atoms with Crippen molar-refractivity contribution in [2.24, 2.45) is 0 Å². The molecule has 1 aliphatic carbocycles. The van der Waals surface area contributed by atoms with Gasteiger partial charge >= 0.3 is 0 Å². The minimum absolute atomic E-state index is 0.298. The molecule has 1 aliphatic rings. The predicted molar refractivity (Wildman–Crippen MR) is 63.3 cm³/mol. The minimum Gasteiger partial charge on any atom is -0.481 e. The number of aryl methyl sites for hydroxylation is 1. The van der Waals surface area contributed by atoms with E-state index in [1.165, 1.54) is 5.56 Å². The topological polar surface area (TPSA) is 29.5 Å². The molecule has 2 heteroatoms. The molecule has 1 aromatic rings. The summed E-state index contributed by atoms with van der Waals surface area (Å²) in [6, 6.07) is 5.90. The largest absolute Gasteiger partial charge is 0.481 e. The summed E-state index contributed by atoms with van der Waals surface area (Å²) in [6.45, 7) is 2.23. The third kappa shape index (κ3) is 2.37. The van der Waals surface area contributed by atoms with Crippen LogP contribution in [0.25, 0.3) is 0 Å². The van der Waals surface area contributed by atoms with Crippen LogP contribution in [0.4, 0.5) is 0 Å². The smallest absolute Gasteiger partial charge is 0.149 e. The molecule has 2 rings (SSSR count). The standard InChI is InChI=1S/C14H16O2/c1-2-3-9-16-12-7-8-13-11(10-12)5-4-6-14(13)15/h7-8,10,14-15H,4-6,9H2,1H3. The van der Waals surface area contributed by atoms with Gasteiger partial charge in [0.15, 0.2) is 0 Å². The summed E-state index contributed by atoms with van der Waals surface area (Å²) in [7, 11) is 0. The minimum atomic E-state index is -0.298. The van der Waals surface area contributed by atoms with Gasteiger partial charge in [0.2, 0.25) is 0 Å². The van der Waals surface area contributed by atoms with E-state index in [4.69, 9.17) is 4.74 Å². The molecule has 1 unspecified atom stereocenters. The van der Waals surface area contributed by atoms with Crippen LogP contribution in [0, 0.1) is 11.8 Å². The van der Waals surface area contributed by atoms with Gasteiger partial charge in [-0.25, -0.2) is 0 Å². The van der Waals surface area contributed by atoms with E-state index in [9.17, 15) is 5.11 Å². The van der Waals surface area contributed by atoms with E-state index >= 15 is 0 Å². The molecule has 0 aromatic heterocycles. The van der Waals surface area contributed by atoms with Gasteiger partial charge in [-0.15, -0.1) is 5.92 Å². The Balaban J connectivity index is 2.14. The molecule has 1 N–H and O–H groups in total. The maximum Gasteiger partial charge on any atom is 0.149 e. The van der Waals surface area contributed by atoms with Crippen LogP contribution in [0.1, 0.15) is 37.0 Å². The van der Waals surface area contributed by atoms with Gasteiger partial charge < -0.3 is 9.84 Å². The first-order valence-corrected chi connectivity index (χ1v) is 5.64. The molecule has 0 bridgehead atoms. The molecule has 2 nitrogen and oxygen atoms in total. The summed E-state index contributed by atoms with van der Waals surface area (Å²) < 4.78 is 5.49. The van der Waals surface area contributed by atoms with Gasteiger partial charge in [0.1, 0.15) is 12.4 Å². The van der Waals surface area contributed by atoms with E-state index in [1.54, 1.807) is 6.92 Å². The zero-order valence-corrected chi connectivity index (χ0v) is 9.49. The van der Waals surface area contributed by atoms with Crippen molar-refractivity contribution in [2.45, 2.75) is 32.3 Å². The third-order valence-electron chi connectivity index (χ3n) is 2.88. The van der Waals surface area contributed by atoms with Crippen LogP contribution in [0.15, 0.2) is 18.2 Å². The Labute approximate surface area is 96.3 Å². The highest BCUT2D eigenvalue weighted by Crippen LogP contribution is 2.31. The summed E-state index contributed by atoms with van der Waals surface area (Å²) in [4.78, 5) is 0. The van der Waals surface area contributed by atoms with E-state index in [-0.39, 0.29) is 6.10 Å². The molecule has 0 spiro atoms. The van der Waals surface area contributed by atoms with Gasteiger partial charge in [0.25, 0.3) is 0 Å². The SMILES string of the molecule is CC#CCOc1ccc2c(c1)CCCC2O. The van der Waals surface area contributed by atoms with Crippen LogP contribution < -0.4 is 4.74 Å². The first kappa shape index (κ1) is 11.0. The lowest BCUT2D eigenvalue weighted by molar-refractivity contribution is 0.156. The Hall–Kier alpha value is -1.46. The highest BCUT2D eigenvalue weighted by atomic mass is 16.5. The average molecular weight is 216 g/mol. The quantitative estimate of drug-likeness (QED) is 0.769. The number of hydrogen-bond acceptors (Lipinski definition) is 2.